The molecule has 0 aliphatic carbocycles. The molecule has 11 nitrogen and oxygen atoms in total. The molecule has 0 unspecified atom stereocenters. The van der Waals surface area contributed by atoms with Gasteiger partial charge in [-0.3, -0.25) is 0 Å². The average molecular weight is 422 g/mol. The van der Waals surface area contributed by atoms with E-state index < -0.39 is 29.3 Å². The molecular formula is C18H30O11. The fourth-order valence-corrected chi connectivity index (χ4v) is 2.62. The molecule has 0 aromatic carbocycles. The Labute approximate surface area is 169 Å². The number of methoxy groups -OCH3 is 2. The highest BCUT2D eigenvalue weighted by atomic mass is 16.9. The van der Waals surface area contributed by atoms with Crippen molar-refractivity contribution in [3.8, 4) is 0 Å². The number of hydrogen-bond acceptors (Lipinski definition) is 11. The summed E-state index contributed by atoms with van der Waals surface area (Å²) in [5, 5.41) is 0. The molecule has 0 saturated carbocycles. The third kappa shape index (κ3) is 6.85. The highest BCUT2D eigenvalue weighted by molar-refractivity contribution is 5.71. The van der Waals surface area contributed by atoms with E-state index in [0.717, 1.165) is 0 Å². The molecule has 2 saturated heterocycles. The second-order valence-corrected chi connectivity index (χ2v) is 6.92. The van der Waals surface area contributed by atoms with Crippen molar-refractivity contribution in [1.29, 1.82) is 0 Å². The van der Waals surface area contributed by atoms with E-state index in [1.807, 2.05) is 6.92 Å². The van der Waals surface area contributed by atoms with Crippen LogP contribution in [0, 0.1) is 5.41 Å². The van der Waals surface area contributed by atoms with Crippen molar-refractivity contribution in [3.05, 3.63) is 0 Å². The maximum Gasteiger partial charge on any atom is 0.332 e. The molecule has 29 heavy (non-hydrogen) atoms. The van der Waals surface area contributed by atoms with Crippen LogP contribution < -0.4 is 0 Å². The molecule has 0 aromatic rings. The quantitative estimate of drug-likeness (QED) is 0.355. The van der Waals surface area contributed by atoms with Crippen LogP contribution in [0.1, 0.15) is 20.3 Å². The van der Waals surface area contributed by atoms with E-state index >= 15 is 0 Å². The summed E-state index contributed by atoms with van der Waals surface area (Å²) >= 11 is 0. The molecule has 0 N–H and O–H groups in total. The highest BCUT2D eigenvalue weighted by Crippen LogP contribution is 2.38. The largest absolute Gasteiger partial charge is 0.460 e. The van der Waals surface area contributed by atoms with Crippen molar-refractivity contribution < 1.29 is 52.2 Å². The third-order valence-electron chi connectivity index (χ3n) is 4.56. The Balaban J connectivity index is 1.71. The molecule has 2 heterocycles. The fourth-order valence-electron chi connectivity index (χ4n) is 2.62. The number of rotatable bonds is 10. The summed E-state index contributed by atoms with van der Waals surface area (Å²) in [6, 6.07) is 0. The third-order valence-corrected chi connectivity index (χ3v) is 4.56. The topological polar surface area (TPSA) is 117 Å². The van der Waals surface area contributed by atoms with E-state index in [9.17, 15) is 9.59 Å². The van der Waals surface area contributed by atoms with Gasteiger partial charge in [-0.1, -0.05) is 6.92 Å². The first kappa shape index (κ1) is 23.9. The maximum atomic E-state index is 11.8. The van der Waals surface area contributed by atoms with Crippen molar-refractivity contribution in [2.24, 2.45) is 5.41 Å². The Morgan fingerprint density at radius 3 is 1.86 bits per heavy atom. The monoisotopic (exact) mass is 422 g/mol. The minimum absolute atomic E-state index is 0.0667. The van der Waals surface area contributed by atoms with Crippen LogP contribution in [0.2, 0.25) is 0 Å². The van der Waals surface area contributed by atoms with Gasteiger partial charge in [0.1, 0.15) is 19.8 Å². The van der Waals surface area contributed by atoms with Crippen molar-refractivity contribution in [3.63, 3.8) is 0 Å². The molecule has 2 fully saturated rings. The summed E-state index contributed by atoms with van der Waals surface area (Å²) in [6.45, 7) is 4.02. The van der Waals surface area contributed by atoms with Crippen LogP contribution in [0.4, 0.5) is 0 Å². The van der Waals surface area contributed by atoms with Gasteiger partial charge in [0.05, 0.1) is 31.8 Å². The maximum absolute atomic E-state index is 11.8. The zero-order valence-corrected chi connectivity index (χ0v) is 17.4. The normalized spacial score (nSPS) is 32.1. The number of hydrogen-bond donors (Lipinski definition) is 0. The van der Waals surface area contributed by atoms with E-state index in [-0.39, 0.29) is 39.6 Å². The van der Waals surface area contributed by atoms with Gasteiger partial charge in [-0.25, -0.2) is 9.59 Å². The van der Waals surface area contributed by atoms with E-state index in [4.69, 9.17) is 37.9 Å². The Kier molecular flexibility index (Phi) is 8.76. The summed E-state index contributed by atoms with van der Waals surface area (Å²) < 4.78 is 47.9. The molecule has 168 valence electrons. The lowest BCUT2D eigenvalue weighted by Gasteiger charge is -2.49. The Morgan fingerprint density at radius 2 is 1.38 bits per heavy atom. The van der Waals surface area contributed by atoms with Gasteiger partial charge < -0.3 is 42.6 Å². The van der Waals surface area contributed by atoms with Crippen molar-refractivity contribution in [2.45, 2.75) is 32.2 Å². The van der Waals surface area contributed by atoms with Crippen LogP contribution in [0.3, 0.4) is 0 Å². The van der Waals surface area contributed by atoms with E-state index in [0.29, 0.717) is 19.6 Å². The van der Waals surface area contributed by atoms with Crippen LogP contribution in [-0.2, 0) is 52.2 Å². The van der Waals surface area contributed by atoms with Crippen molar-refractivity contribution in [2.75, 3.05) is 67.1 Å². The van der Waals surface area contributed by atoms with Gasteiger partial charge in [0, 0.05) is 27.6 Å². The second kappa shape index (κ2) is 10.6. The lowest BCUT2D eigenvalue weighted by molar-refractivity contribution is -0.457. The van der Waals surface area contributed by atoms with Gasteiger partial charge in [-0.15, -0.1) is 0 Å². The summed E-state index contributed by atoms with van der Waals surface area (Å²) in [5.41, 5.74) is -0.480. The Bertz CT molecular complexity index is 532. The number of esters is 2. The number of carbonyl (C=O) groups is 2. The van der Waals surface area contributed by atoms with Gasteiger partial charge in [0.2, 0.25) is 0 Å². The van der Waals surface area contributed by atoms with E-state index in [1.54, 1.807) is 6.92 Å². The van der Waals surface area contributed by atoms with Crippen LogP contribution in [0.5, 0.6) is 0 Å². The minimum atomic E-state index is -1.35. The molecule has 0 bridgehead atoms. The number of carbonyl (C=O) groups excluding carboxylic acids is 2. The molecule has 11 heteroatoms. The minimum Gasteiger partial charge on any atom is -0.460 e. The summed E-state index contributed by atoms with van der Waals surface area (Å²) in [5.74, 6) is -3.60. The molecule has 0 amide bonds. The molecule has 2 aliphatic heterocycles. The molecule has 0 aromatic heterocycles. The SMILES string of the molecule is CCC1(OCC(=O)OCCOC(=O)COC)OCC2(COC(C)(OC)OC2)CO1. The van der Waals surface area contributed by atoms with Gasteiger partial charge in [-0.05, 0) is 0 Å². The van der Waals surface area contributed by atoms with Gasteiger partial charge >= 0.3 is 11.9 Å². The predicted octanol–water partition coefficient (Wildman–Crippen LogP) is 0.200. The van der Waals surface area contributed by atoms with Crippen molar-refractivity contribution >= 4 is 11.9 Å². The van der Waals surface area contributed by atoms with Crippen LogP contribution >= 0.6 is 0 Å². The van der Waals surface area contributed by atoms with Gasteiger partial charge in [-0.2, -0.15) is 0 Å². The first-order valence-corrected chi connectivity index (χ1v) is 9.35. The first-order chi connectivity index (χ1) is 13.8. The van der Waals surface area contributed by atoms with Gasteiger partial charge in [0.15, 0.2) is 6.61 Å². The lowest BCUT2D eigenvalue weighted by Crippen LogP contribution is -2.59. The van der Waals surface area contributed by atoms with E-state index in [2.05, 4.69) is 4.74 Å². The van der Waals surface area contributed by atoms with Crippen molar-refractivity contribution in [1.82, 2.24) is 0 Å². The van der Waals surface area contributed by atoms with Gasteiger partial charge in [0.25, 0.3) is 11.9 Å². The standard InChI is InChI=1S/C18H30O11/c1-5-18(25-9-15(20)24-7-6-23-14(19)8-21-3)28-12-17(13-29-18)10-26-16(2,22-4)27-11-17/h5-13H2,1-4H3. The molecule has 0 atom stereocenters. The summed E-state index contributed by atoms with van der Waals surface area (Å²) in [6.07, 6.45) is 0.364. The Hall–Kier alpha value is -1.34. The molecule has 2 aliphatic rings. The first-order valence-electron chi connectivity index (χ1n) is 9.35. The predicted molar refractivity (Wildman–Crippen MR) is 94.4 cm³/mol. The second-order valence-electron chi connectivity index (χ2n) is 6.92. The molecular weight excluding hydrogens is 392 g/mol. The molecule has 0 radical (unpaired) electrons. The average Bonchev–Trinajstić information content (AvgIpc) is 2.74. The van der Waals surface area contributed by atoms with Crippen LogP contribution in [-0.4, -0.2) is 91.0 Å². The highest BCUT2D eigenvalue weighted by Gasteiger charge is 2.50. The fraction of sp³-hybridized carbons (Fsp3) is 0.889. The zero-order valence-electron chi connectivity index (χ0n) is 17.4. The molecule has 2 rings (SSSR count). The smallest absolute Gasteiger partial charge is 0.332 e. The Morgan fingerprint density at radius 1 is 0.862 bits per heavy atom. The summed E-state index contributed by atoms with van der Waals surface area (Å²) in [7, 11) is 2.88. The van der Waals surface area contributed by atoms with Crippen LogP contribution in [0.25, 0.3) is 0 Å². The van der Waals surface area contributed by atoms with Crippen LogP contribution in [0.15, 0.2) is 0 Å². The lowest BCUT2D eigenvalue weighted by atomic mass is 9.90. The molecule has 1 spiro atoms. The van der Waals surface area contributed by atoms with E-state index in [1.165, 1.54) is 14.2 Å². The number of ether oxygens (including phenoxy) is 9. The summed E-state index contributed by atoms with van der Waals surface area (Å²) in [4.78, 5) is 22.9. The zero-order chi connectivity index (χ0) is 21.4.